The van der Waals surface area contributed by atoms with Crippen LogP contribution in [-0.2, 0) is 16.1 Å². The number of oxime groups is 1. The quantitative estimate of drug-likeness (QED) is 0.606. The van der Waals surface area contributed by atoms with Gasteiger partial charge in [-0.1, -0.05) is 41.0 Å². The maximum atomic E-state index is 13.7. The molecule has 1 aliphatic rings. The highest BCUT2D eigenvalue weighted by Gasteiger charge is 2.26. The zero-order valence-corrected chi connectivity index (χ0v) is 19.0. The molecule has 1 N–H and O–H groups in total. The number of ether oxygens (including phenoxy) is 1. The molecule has 1 heterocycles. The van der Waals surface area contributed by atoms with Gasteiger partial charge in [-0.25, -0.2) is 4.39 Å². The second-order valence-corrected chi connectivity index (χ2v) is 9.31. The summed E-state index contributed by atoms with van der Waals surface area (Å²) >= 11 is 5.97. The van der Waals surface area contributed by atoms with E-state index in [0.29, 0.717) is 31.1 Å². The molecule has 0 radical (unpaired) electrons. The van der Waals surface area contributed by atoms with Gasteiger partial charge < -0.3 is 14.7 Å². The van der Waals surface area contributed by atoms with E-state index in [4.69, 9.17) is 21.2 Å². The summed E-state index contributed by atoms with van der Waals surface area (Å²) in [5.74, 6) is -0.278. The molecular weight excluding hydrogens is 419 g/mol. The monoisotopic (exact) mass is 448 g/mol. The van der Waals surface area contributed by atoms with Crippen molar-refractivity contribution in [1.82, 2.24) is 4.90 Å². The van der Waals surface area contributed by atoms with E-state index < -0.39 is 6.10 Å². The highest BCUT2D eigenvalue weighted by Crippen LogP contribution is 2.20. The van der Waals surface area contributed by atoms with Crippen molar-refractivity contribution in [3.05, 3.63) is 70.5 Å². The molecule has 0 fully saturated rings. The molecule has 7 heteroatoms. The Morgan fingerprint density at radius 1 is 1.26 bits per heavy atom. The normalized spacial score (nSPS) is 17.5. The van der Waals surface area contributed by atoms with Crippen molar-refractivity contribution >= 4 is 17.3 Å². The number of aliphatic hydroxyl groups excluding tert-OH is 1. The Morgan fingerprint density at radius 2 is 2.00 bits per heavy atom. The van der Waals surface area contributed by atoms with Gasteiger partial charge >= 0.3 is 0 Å². The maximum absolute atomic E-state index is 13.7. The predicted molar refractivity (Wildman–Crippen MR) is 121 cm³/mol. The van der Waals surface area contributed by atoms with E-state index in [0.717, 1.165) is 16.8 Å². The van der Waals surface area contributed by atoms with E-state index in [9.17, 15) is 9.50 Å². The lowest BCUT2D eigenvalue weighted by Crippen LogP contribution is -2.40. The highest BCUT2D eigenvalue weighted by molar-refractivity contribution is 6.30. The Balaban J connectivity index is 1.62. The third-order valence-electron chi connectivity index (χ3n) is 4.85. The first-order chi connectivity index (χ1) is 14.7. The van der Waals surface area contributed by atoms with Crippen LogP contribution in [0.2, 0.25) is 5.02 Å². The summed E-state index contributed by atoms with van der Waals surface area (Å²) in [6.45, 7) is 7.48. The van der Waals surface area contributed by atoms with Crippen molar-refractivity contribution in [2.24, 2.45) is 5.16 Å². The third-order valence-corrected chi connectivity index (χ3v) is 5.10. The lowest BCUT2D eigenvalue weighted by atomic mass is 10.0. The summed E-state index contributed by atoms with van der Waals surface area (Å²) in [5, 5.41) is 15.4. The largest absolute Gasteiger partial charge is 0.390 e. The molecule has 0 amide bonds. The number of benzene rings is 2. The van der Waals surface area contributed by atoms with Gasteiger partial charge in [0, 0.05) is 31.1 Å². The van der Waals surface area contributed by atoms with E-state index in [1.54, 1.807) is 6.07 Å². The average Bonchev–Trinajstić information content (AvgIpc) is 3.15. The maximum Gasteiger partial charge on any atom is 0.145 e. The summed E-state index contributed by atoms with van der Waals surface area (Å²) in [7, 11) is 0. The van der Waals surface area contributed by atoms with Gasteiger partial charge in [0.05, 0.1) is 24.0 Å². The van der Waals surface area contributed by atoms with Crippen molar-refractivity contribution in [2.75, 3.05) is 19.7 Å². The number of rotatable bonds is 9. The molecule has 0 spiro atoms. The minimum absolute atomic E-state index is 0.157. The van der Waals surface area contributed by atoms with Crippen molar-refractivity contribution < 1.29 is 19.1 Å². The van der Waals surface area contributed by atoms with Crippen LogP contribution in [0.15, 0.2) is 53.7 Å². The van der Waals surface area contributed by atoms with Gasteiger partial charge in [0.2, 0.25) is 0 Å². The van der Waals surface area contributed by atoms with E-state index in [2.05, 4.69) is 10.1 Å². The number of hydrogen-bond acceptors (Lipinski definition) is 5. The summed E-state index contributed by atoms with van der Waals surface area (Å²) in [5.41, 5.74) is 2.34. The van der Waals surface area contributed by atoms with Crippen molar-refractivity contribution in [3.63, 3.8) is 0 Å². The second kappa shape index (κ2) is 10.6. The van der Waals surface area contributed by atoms with Crippen LogP contribution in [0.3, 0.4) is 0 Å². The van der Waals surface area contributed by atoms with E-state index in [1.165, 1.54) is 12.1 Å². The second-order valence-electron chi connectivity index (χ2n) is 8.88. The smallest absolute Gasteiger partial charge is 0.145 e. The van der Waals surface area contributed by atoms with Crippen LogP contribution >= 0.6 is 11.6 Å². The molecule has 168 valence electrons. The molecular formula is C24H30ClFN2O3. The van der Waals surface area contributed by atoms with Gasteiger partial charge in [0.1, 0.15) is 11.9 Å². The Labute approximate surface area is 188 Å². The Morgan fingerprint density at radius 3 is 2.68 bits per heavy atom. The summed E-state index contributed by atoms with van der Waals surface area (Å²) in [4.78, 5) is 7.72. The van der Waals surface area contributed by atoms with Crippen LogP contribution in [0, 0.1) is 5.82 Å². The molecule has 3 rings (SSSR count). The number of hydrogen-bond donors (Lipinski definition) is 1. The zero-order valence-electron chi connectivity index (χ0n) is 18.2. The average molecular weight is 449 g/mol. The topological polar surface area (TPSA) is 54.3 Å². The highest BCUT2D eigenvalue weighted by atomic mass is 35.5. The Hall–Kier alpha value is -1.99. The summed E-state index contributed by atoms with van der Waals surface area (Å²) in [6.07, 6.45) is -0.184. The van der Waals surface area contributed by atoms with Crippen LogP contribution in [0.1, 0.15) is 38.3 Å². The van der Waals surface area contributed by atoms with Gasteiger partial charge in [-0.3, -0.25) is 4.90 Å². The molecule has 0 aliphatic carbocycles. The van der Waals surface area contributed by atoms with Crippen LogP contribution < -0.4 is 0 Å². The van der Waals surface area contributed by atoms with Crippen LogP contribution in [0.4, 0.5) is 4.39 Å². The Kier molecular flexibility index (Phi) is 8.06. The van der Waals surface area contributed by atoms with Crippen LogP contribution in [0.5, 0.6) is 0 Å². The van der Waals surface area contributed by atoms with E-state index in [-0.39, 0.29) is 24.1 Å². The lowest BCUT2D eigenvalue weighted by molar-refractivity contribution is -0.0600. The third kappa shape index (κ3) is 7.89. The zero-order chi connectivity index (χ0) is 22.4. The molecule has 0 saturated carbocycles. The molecule has 1 aliphatic heterocycles. The first-order valence-electron chi connectivity index (χ1n) is 10.5. The van der Waals surface area contributed by atoms with E-state index >= 15 is 0 Å². The SMILES string of the molecule is CC(C)(C)OC[C@@H](O)CN(Cc1cccc(F)c1)C[C@H]1CC(c2ccc(Cl)cc2)=NO1. The molecule has 2 atom stereocenters. The molecule has 5 nitrogen and oxygen atoms in total. The van der Waals surface area contributed by atoms with Gasteiger partial charge in [0.25, 0.3) is 0 Å². The molecule has 2 aromatic carbocycles. The fourth-order valence-corrected chi connectivity index (χ4v) is 3.55. The fourth-order valence-electron chi connectivity index (χ4n) is 3.42. The molecule has 0 unspecified atom stereocenters. The molecule has 31 heavy (non-hydrogen) atoms. The van der Waals surface area contributed by atoms with Gasteiger partial charge in [-0.2, -0.15) is 0 Å². The molecule has 0 aromatic heterocycles. The minimum Gasteiger partial charge on any atom is -0.390 e. The van der Waals surface area contributed by atoms with Gasteiger partial charge in [-0.15, -0.1) is 0 Å². The first-order valence-corrected chi connectivity index (χ1v) is 10.8. The fraction of sp³-hybridized carbons (Fsp3) is 0.458. The lowest BCUT2D eigenvalue weighted by Gasteiger charge is -2.28. The summed E-state index contributed by atoms with van der Waals surface area (Å²) in [6, 6.07) is 14.0. The van der Waals surface area contributed by atoms with Crippen molar-refractivity contribution in [2.45, 2.75) is 51.5 Å². The minimum atomic E-state index is -0.675. The van der Waals surface area contributed by atoms with Crippen molar-refractivity contribution in [1.29, 1.82) is 0 Å². The van der Waals surface area contributed by atoms with Crippen LogP contribution in [-0.4, -0.2) is 53.2 Å². The standard InChI is InChI=1S/C24H30ClFN2O3/c1-24(2,3)30-16-21(29)14-28(13-17-5-4-6-20(26)11-17)15-22-12-23(27-31-22)18-7-9-19(25)10-8-18/h4-11,21-22,29H,12-16H2,1-3H3/t21-,22+/m0/s1. The van der Waals surface area contributed by atoms with Gasteiger partial charge in [-0.05, 0) is 56.2 Å². The molecule has 0 bridgehead atoms. The first kappa shape index (κ1) is 23.7. The summed E-state index contributed by atoms with van der Waals surface area (Å²) < 4.78 is 19.4. The predicted octanol–water partition coefficient (Wildman–Crippen LogP) is 4.65. The number of aliphatic hydroxyl groups is 1. The number of nitrogens with zero attached hydrogens (tertiary/aromatic N) is 2. The molecule has 0 saturated heterocycles. The van der Waals surface area contributed by atoms with Crippen LogP contribution in [0.25, 0.3) is 0 Å². The number of halogens is 2. The van der Waals surface area contributed by atoms with Gasteiger partial charge in [0.15, 0.2) is 0 Å². The molecule has 2 aromatic rings. The Bertz CT molecular complexity index is 883. The van der Waals surface area contributed by atoms with Crippen molar-refractivity contribution in [3.8, 4) is 0 Å². The van der Waals surface area contributed by atoms with E-state index in [1.807, 2.05) is 51.1 Å².